The average molecular weight is 1570 g/mol. The lowest BCUT2D eigenvalue weighted by Crippen LogP contribution is -2.14. The van der Waals surface area contributed by atoms with Gasteiger partial charge in [0.1, 0.15) is 0 Å². The number of halogens is 30. The highest BCUT2D eigenvalue weighted by molar-refractivity contribution is 6.14. The number of fused-ring (bicyclic) bond motifs is 6. The van der Waals surface area contributed by atoms with Gasteiger partial charge in [-0.2, -0.15) is 137 Å². The van der Waals surface area contributed by atoms with Gasteiger partial charge in [0.2, 0.25) is 0 Å². The number of alkyl halides is 30. The summed E-state index contributed by atoms with van der Waals surface area (Å²) in [5, 5.41) is 8.98. The number of aromatic nitrogens is 2. The van der Waals surface area contributed by atoms with Crippen molar-refractivity contribution in [3.05, 3.63) is 261 Å². The van der Waals surface area contributed by atoms with Crippen molar-refractivity contribution in [3.63, 3.8) is 0 Å². The molecule has 0 unspecified atom stereocenters. The number of hydrogen-bond acceptors (Lipinski definition) is 1. The Morgan fingerprint density at radius 3 is 0.764 bits per heavy atom. The summed E-state index contributed by atoms with van der Waals surface area (Å²) in [6, 6.07) is 20.5. The molecule has 110 heavy (non-hydrogen) atoms. The molecule has 0 N–H and O–H groups in total. The Morgan fingerprint density at radius 2 is 0.491 bits per heavy atom. The van der Waals surface area contributed by atoms with Crippen molar-refractivity contribution in [1.29, 1.82) is 5.26 Å². The van der Waals surface area contributed by atoms with E-state index < -0.39 is 217 Å². The van der Waals surface area contributed by atoms with E-state index in [1.54, 1.807) is 0 Å². The molecule has 0 fully saturated rings. The highest BCUT2D eigenvalue weighted by Gasteiger charge is 2.45. The zero-order valence-corrected chi connectivity index (χ0v) is 53.7. The van der Waals surface area contributed by atoms with Crippen LogP contribution in [0.2, 0.25) is 0 Å². The highest BCUT2D eigenvalue weighted by Crippen LogP contribution is 2.53. The van der Waals surface area contributed by atoms with E-state index in [-0.39, 0.29) is 88.2 Å². The van der Waals surface area contributed by atoms with Crippen molar-refractivity contribution in [1.82, 2.24) is 9.13 Å². The molecule has 0 amide bonds. The van der Waals surface area contributed by atoms with Crippen LogP contribution < -0.4 is 0 Å². The van der Waals surface area contributed by atoms with Gasteiger partial charge in [-0.3, -0.25) is 0 Å². The van der Waals surface area contributed by atoms with Crippen molar-refractivity contribution in [2.75, 3.05) is 0 Å². The summed E-state index contributed by atoms with van der Waals surface area (Å²) in [6.45, 7) is 0. The Morgan fingerprint density at radius 1 is 0.218 bits per heavy atom. The smallest absolute Gasteiger partial charge is 0.309 e. The fourth-order valence-corrected chi connectivity index (χ4v) is 13.5. The van der Waals surface area contributed by atoms with Gasteiger partial charge in [-0.25, -0.2) is 0 Å². The average Bonchev–Trinajstić information content (AvgIpc) is 1.53. The lowest BCUT2D eigenvalue weighted by atomic mass is 9.90. The number of hydrogen-bond donors (Lipinski definition) is 0. The number of nitriles is 1. The van der Waals surface area contributed by atoms with Crippen LogP contribution in [0.1, 0.15) is 61.2 Å². The standard InChI is InChI=1S/C77H33F30N3/c78-68(79,80)41-10-15-45(57(30-41)74(96,97)98)36-6-20-62-51(25-36)52-26-37(46-16-11-42(69(81,82)83)31-58(46)75(99,100)101)7-21-63(52)109(62)61-19-4-35(34-108)24-50(61)49-14-5-40(67-55(72(90,91)92)2-1-3-56(67)73(93,94)95)29-66(49)110-64-22-8-38(47-17-12-43(70(84,85)86)32-59(47)76(102,103)104)27-53(64)54-28-39(9-23-65(54)110)48-18-13-44(71(87,88)89)33-60(48)77(105,106)107/h1-33H. The lowest BCUT2D eigenvalue weighted by molar-refractivity contribution is -0.144. The van der Waals surface area contributed by atoms with Crippen molar-refractivity contribution >= 4 is 43.6 Å². The zero-order chi connectivity index (χ0) is 80.2. The van der Waals surface area contributed by atoms with Gasteiger partial charge in [-0.1, -0.05) is 66.7 Å². The molecular weight excluding hydrogens is 1540 g/mol. The Hall–Kier alpha value is -11.6. The van der Waals surface area contributed by atoms with Gasteiger partial charge in [-0.15, -0.1) is 0 Å². The molecule has 566 valence electrons. The maximum atomic E-state index is 15.4. The van der Waals surface area contributed by atoms with E-state index in [9.17, 15) is 84.3 Å². The van der Waals surface area contributed by atoms with Crippen LogP contribution in [0, 0.1) is 11.3 Å². The number of rotatable bonds is 8. The third-order valence-electron chi connectivity index (χ3n) is 18.2. The van der Waals surface area contributed by atoms with Crippen molar-refractivity contribution in [3.8, 4) is 84.2 Å². The molecule has 3 nitrogen and oxygen atoms in total. The molecule has 11 aromatic carbocycles. The Kier molecular flexibility index (Phi) is 18.0. The SMILES string of the molecule is N#Cc1ccc(-n2c3ccc(-c4ccc(C(F)(F)F)cc4C(F)(F)F)cc3c3cc(-c4ccc(C(F)(F)F)cc4C(F)(F)F)ccc32)c(-c2ccc(-c3c(C(F)(F)F)cccc3C(F)(F)F)cc2-n2c3ccc(-c4ccc(C(F)(F)F)cc4C(F)(F)F)cc3c3cc(-c4ccc(C(F)(F)F)cc4C(F)(F)F)ccc32)c1. The van der Waals surface area contributed by atoms with E-state index in [0.717, 1.165) is 106 Å². The normalized spacial score (nSPS) is 13.4. The molecule has 13 aromatic rings. The molecule has 0 aliphatic heterocycles. The van der Waals surface area contributed by atoms with E-state index in [1.807, 2.05) is 6.07 Å². The van der Waals surface area contributed by atoms with Crippen molar-refractivity contribution in [2.45, 2.75) is 61.8 Å². The summed E-state index contributed by atoms with van der Waals surface area (Å²) >= 11 is 0. The Bertz CT molecular complexity index is 5650. The molecule has 0 aliphatic rings. The van der Waals surface area contributed by atoms with Crippen LogP contribution in [-0.4, -0.2) is 9.13 Å². The highest BCUT2D eigenvalue weighted by atomic mass is 19.4. The largest absolute Gasteiger partial charge is 0.417 e. The molecule has 33 heteroatoms. The van der Waals surface area contributed by atoms with Gasteiger partial charge in [-0.05, 0) is 184 Å². The molecule has 0 bridgehead atoms. The maximum absolute atomic E-state index is 15.4. The first kappa shape index (κ1) is 76.6. The molecule has 13 rings (SSSR count). The summed E-state index contributed by atoms with van der Waals surface area (Å²) in [5.74, 6) is 0. The molecule has 0 spiro atoms. The zero-order valence-electron chi connectivity index (χ0n) is 53.7. The lowest BCUT2D eigenvalue weighted by Gasteiger charge is -2.22. The minimum Gasteiger partial charge on any atom is -0.309 e. The van der Waals surface area contributed by atoms with Crippen LogP contribution in [0.3, 0.4) is 0 Å². The van der Waals surface area contributed by atoms with Gasteiger partial charge in [0.15, 0.2) is 0 Å². The monoisotopic (exact) mass is 1570 g/mol. The second-order valence-corrected chi connectivity index (χ2v) is 24.9. The molecule has 0 saturated carbocycles. The van der Waals surface area contributed by atoms with E-state index in [2.05, 4.69) is 0 Å². The molecule has 0 saturated heterocycles. The minimum absolute atomic E-state index is 0.233. The summed E-state index contributed by atoms with van der Waals surface area (Å²) < 4.78 is 444. The van der Waals surface area contributed by atoms with Crippen LogP contribution in [0.5, 0.6) is 0 Å². The van der Waals surface area contributed by atoms with Crippen LogP contribution >= 0.6 is 0 Å². The van der Waals surface area contributed by atoms with Crippen molar-refractivity contribution < 1.29 is 132 Å². The minimum atomic E-state index is -5.68. The van der Waals surface area contributed by atoms with Gasteiger partial charge in [0.25, 0.3) is 0 Å². The molecule has 2 heterocycles. The number of benzene rings is 11. The summed E-state index contributed by atoms with van der Waals surface area (Å²) in [5.41, 5.74) is -31.7. The summed E-state index contributed by atoms with van der Waals surface area (Å²) in [4.78, 5) is 0. The fourth-order valence-electron chi connectivity index (χ4n) is 13.5. The Labute approximate surface area is 595 Å². The third-order valence-corrected chi connectivity index (χ3v) is 18.2. The first-order valence-corrected chi connectivity index (χ1v) is 31.1. The van der Waals surface area contributed by atoms with E-state index >= 15 is 52.7 Å². The van der Waals surface area contributed by atoms with Gasteiger partial charge >= 0.3 is 61.8 Å². The second kappa shape index (κ2) is 25.8. The predicted octanol–water partition coefficient (Wildman–Crippen LogP) is 27.9. The molecule has 0 atom stereocenters. The topological polar surface area (TPSA) is 33.6 Å². The fraction of sp³-hybridized carbons (Fsp3) is 0.130. The van der Waals surface area contributed by atoms with Gasteiger partial charge < -0.3 is 9.13 Å². The second-order valence-electron chi connectivity index (χ2n) is 24.9. The van der Waals surface area contributed by atoms with Gasteiger partial charge in [0.05, 0.1) is 101 Å². The van der Waals surface area contributed by atoms with Crippen LogP contribution in [0.15, 0.2) is 200 Å². The van der Waals surface area contributed by atoms with Crippen molar-refractivity contribution in [2.24, 2.45) is 0 Å². The quantitative estimate of drug-likeness (QED) is 0.140. The van der Waals surface area contributed by atoms with Crippen LogP contribution in [0.4, 0.5) is 132 Å². The van der Waals surface area contributed by atoms with E-state index in [4.69, 9.17) is 0 Å². The molecule has 0 radical (unpaired) electrons. The first-order valence-electron chi connectivity index (χ1n) is 31.1. The summed E-state index contributed by atoms with van der Waals surface area (Å²) in [7, 11) is 0. The molecule has 0 aliphatic carbocycles. The molecule has 2 aromatic heterocycles. The van der Waals surface area contributed by atoms with Gasteiger partial charge in [0, 0.05) is 38.2 Å². The predicted molar refractivity (Wildman–Crippen MR) is 342 cm³/mol. The van der Waals surface area contributed by atoms with Crippen LogP contribution in [0.25, 0.3) is 122 Å². The summed E-state index contributed by atoms with van der Waals surface area (Å²) in [6.07, 6.45) is -55.4. The van der Waals surface area contributed by atoms with E-state index in [1.165, 1.54) is 0 Å². The molecular formula is C77H33F30N3. The maximum Gasteiger partial charge on any atom is 0.417 e. The van der Waals surface area contributed by atoms with Crippen LogP contribution in [-0.2, 0) is 61.8 Å². The number of nitrogens with zero attached hydrogens (tertiary/aromatic N) is 3. The Balaban J connectivity index is 1.18. The first-order chi connectivity index (χ1) is 50.8. The third kappa shape index (κ3) is 14.0. The van der Waals surface area contributed by atoms with E-state index in [0.29, 0.717) is 42.5 Å².